The van der Waals surface area contributed by atoms with Gasteiger partial charge in [-0.25, -0.2) is 20.5 Å². The predicted molar refractivity (Wildman–Crippen MR) is 105 cm³/mol. The predicted octanol–water partition coefficient (Wildman–Crippen LogP) is 4.82. The summed E-state index contributed by atoms with van der Waals surface area (Å²) >= 11 is 3.28. The van der Waals surface area contributed by atoms with E-state index in [1.807, 2.05) is 36.4 Å². The van der Waals surface area contributed by atoms with Gasteiger partial charge in [-0.2, -0.15) is 0 Å². The first kappa shape index (κ1) is 18.5. The van der Waals surface area contributed by atoms with Crippen molar-refractivity contribution >= 4 is 39.2 Å². The Morgan fingerprint density at radius 2 is 1.04 bits per heavy atom. The van der Waals surface area contributed by atoms with Crippen LogP contribution in [0.2, 0.25) is 0 Å². The van der Waals surface area contributed by atoms with Crippen LogP contribution in [0.25, 0.3) is 0 Å². The Labute approximate surface area is 164 Å². The summed E-state index contributed by atoms with van der Waals surface area (Å²) < 4.78 is 0.282. The maximum absolute atomic E-state index is 12.3. The fraction of sp³-hybridized carbons (Fsp3) is 0. The SMILES string of the molecule is O=C(ONc1ccccc1)c1cccc(C(=O)ONc2ccccc2)c1Br. The molecule has 27 heavy (non-hydrogen) atoms. The molecule has 0 atom stereocenters. The topological polar surface area (TPSA) is 76.7 Å². The van der Waals surface area contributed by atoms with Gasteiger partial charge in [0.15, 0.2) is 0 Å². The lowest BCUT2D eigenvalue weighted by atomic mass is 10.1. The Morgan fingerprint density at radius 3 is 1.44 bits per heavy atom. The van der Waals surface area contributed by atoms with Crippen LogP contribution in [0.4, 0.5) is 11.4 Å². The average Bonchev–Trinajstić information content (AvgIpc) is 2.72. The van der Waals surface area contributed by atoms with Crippen molar-refractivity contribution in [2.75, 3.05) is 11.0 Å². The maximum Gasteiger partial charge on any atom is 0.363 e. The summed E-state index contributed by atoms with van der Waals surface area (Å²) in [6, 6.07) is 22.6. The van der Waals surface area contributed by atoms with Crippen molar-refractivity contribution in [3.63, 3.8) is 0 Å². The molecule has 0 aromatic heterocycles. The number of hydrogen-bond acceptors (Lipinski definition) is 6. The third-order valence-corrected chi connectivity index (χ3v) is 4.36. The van der Waals surface area contributed by atoms with Crippen LogP contribution in [0, 0.1) is 0 Å². The molecule has 0 aliphatic heterocycles. The van der Waals surface area contributed by atoms with Gasteiger partial charge in [-0.3, -0.25) is 0 Å². The molecule has 3 rings (SSSR count). The number of rotatable bonds is 6. The van der Waals surface area contributed by atoms with Crippen molar-refractivity contribution in [2.45, 2.75) is 0 Å². The Morgan fingerprint density at radius 1 is 0.630 bits per heavy atom. The number of para-hydroxylation sites is 2. The van der Waals surface area contributed by atoms with E-state index in [9.17, 15) is 9.59 Å². The van der Waals surface area contributed by atoms with E-state index in [0.717, 1.165) is 0 Å². The first-order valence-electron chi connectivity index (χ1n) is 7.98. The number of carbonyl (C=O) groups is 2. The van der Waals surface area contributed by atoms with Gasteiger partial charge in [0.2, 0.25) is 0 Å². The molecular weight excluding hydrogens is 412 g/mol. The zero-order valence-corrected chi connectivity index (χ0v) is 15.6. The van der Waals surface area contributed by atoms with Crippen LogP contribution >= 0.6 is 15.9 Å². The molecule has 6 nitrogen and oxygen atoms in total. The summed E-state index contributed by atoms with van der Waals surface area (Å²) in [6.07, 6.45) is 0. The van der Waals surface area contributed by atoms with Crippen molar-refractivity contribution in [3.05, 3.63) is 94.5 Å². The second-order valence-corrected chi connectivity index (χ2v) is 6.18. The molecule has 2 N–H and O–H groups in total. The number of anilines is 2. The van der Waals surface area contributed by atoms with E-state index < -0.39 is 11.9 Å². The normalized spacial score (nSPS) is 9.96. The van der Waals surface area contributed by atoms with Crippen molar-refractivity contribution < 1.29 is 19.3 Å². The zero-order chi connectivity index (χ0) is 19.1. The first-order valence-corrected chi connectivity index (χ1v) is 8.77. The molecule has 3 aromatic carbocycles. The van der Waals surface area contributed by atoms with E-state index in [-0.39, 0.29) is 15.6 Å². The molecule has 0 radical (unpaired) electrons. The number of nitrogens with one attached hydrogen (secondary N) is 2. The van der Waals surface area contributed by atoms with Gasteiger partial charge >= 0.3 is 11.9 Å². The third-order valence-electron chi connectivity index (χ3n) is 3.51. The van der Waals surface area contributed by atoms with Gasteiger partial charge in [0.1, 0.15) is 0 Å². The highest BCUT2D eigenvalue weighted by molar-refractivity contribution is 9.10. The molecule has 0 spiro atoms. The van der Waals surface area contributed by atoms with E-state index in [1.54, 1.807) is 42.5 Å². The Bertz CT molecular complexity index is 859. The largest absolute Gasteiger partial charge is 0.363 e. The Hall–Kier alpha value is -3.32. The second-order valence-electron chi connectivity index (χ2n) is 5.38. The molecule has 136 valence electrons. The molecule has 0 aliphatic carbocycles. The average molecular weight is 427 g/mol. The summed E-state index contributed by atoms with van der Waals surface area (Å²) in [5.74, 6) is -1.28. The van der Waals surface area contributed by atoms with Crippen molar-refractivity contribution in [3.8, 4) is 0 Å². The van der Waals surface area contributed by atoms with Crippen LogP contribution in [-0.2, 0) is 9.68 Å². The lowest BCUT2D eigenvalue weighted by molar-refractivity contribution is 0.0593. The van der Waals surface area contributed by atoms with E-state index in [1.165, 1.54) is 0 Å². The molecule has 0 saturated heterocycles. The summed E-state index contributed by atoms with van der Waals surface area (Å²) in [7, 11) is 0. The highest BCUT2D eigenvalue weighted by Crippen LogP contribution is 2.24. The summed E-state index contributed by atoms with van der Waals surface area (Å²) in [5.41, 5.74) is 6.77. The zero-order valence-electron chi connectivity index (χ0n) is 14.0. The minimum absolute atomic E-state index is 0.188. The fourth-order valence-electron chi connectivity index (χ4n) is 2.18. The van der Waals surface area contributed by atoms with Crippen molar-refractivity contribution in [1.29, 1.82) is 0 Å². The van der Waals surface area contributed by atoms with E-state index >= 15 is 0 Å². The van der Waals surface area contributed by atoms with Crippen molar-refractivity contribution in [1.82, 2.24) is 0 Å². The lowest BCUT2D eigenvalue weighted by Crippen LogP contribution is -2.15. The monoisotopic (exact) mass is 426 g/mol. The summed E-state index contributed by atoms with van der Waals surface area (Å²) in [6.45, 7) is 0. The van der Waals surface area contributed by atoms with E-state index in [2.05, 4.69) is 26.9 Å². The van der Waals surface area contributed by atoms with Crippen LogP contribution in [-0.4, -0.2) is 11.9 Å². The summed E-state index contributed by atoms with van der Waals surface area (Å²) in [4.78, 5) is 34.8. The molecule has 7 heteroatoms. The van der Waals surface area contributed by atoms with E-state index in [4.69, 9.17) is 9.68 Å². The maximum atomic E-state index is 12.3. The standard InChI is InChI=1S/C20H15BrN2O4/c21-18-16(19(24)26-22-14-8-3-1-4-9-14)12-7-13-17(18)20(25)27-23-15-10-5-2-6-11-15/h1-13,22-23H. The number of halogens is 1. The molecule has 0 aliphatic rings. The van der Waals surface area contributed by atoms with Crippen LogP contribution in [0.1, 0.15) is 20.7 Å². The summed E-state index contributed by atoms with van der Waals surface area (Å²) in [5, 5.41) is 0. The van der Waals surface area contributed by atoms with Gasteiger partial charge in [0.25, 0.3) is 0 Å². The number of hydrogen-bond donors (Lipinski definition) is 2. The van der Waals surface area contributed by atoms with Crippen LogP contribution in [0.5, 0.6) is 0 Å². The highest BCUT2D eigenvalue weighted by Gasteiger charge is 2.20. The molecule has 0 unspecified atom stereocenters. The van der Waals surface area contributed by atoms with Crippen LogP contribution in [0.3, 0.4) is 0 Å². The van der Waals surface area contributed by atoms with Gasteiger partial charge in [0, 0.05) is 4.47 Å². The van der Waals surface area contributed by atoms with Gasteiger partial charge < -0.3 is 9.68 Å². The van der Waals surface area contributed by atoms with Crippen LogP contribution < -0.4 is 11.0 Å². The Balaban J connectivity index is 1.67. The van der Waals surface area contributed by atoms with Gasteiger partial charge in [0.05, 0.1) is 22.5 Å². The number of carbonyl (C=O) groups excluding carboxylic acids is 2. The van der Waals surface area contributed by atoms with Gasteiger partial charge in [-0.05, 0) is 52.3 Å². The minimum Gasteiger partial charge on any atom is -0.338 e. The van der Waals surface area contributed by atoms with Crippen molar-refractivity contribution in [2.24, 2.45) is 0 Å². The molecule has 0 amide bonds. The molecule has 3 aromatic rings. The smallest absolute Gasteiger partial charge is 0.338 e. The van der Waals surface area contributed by atoms with E-state index in [0.29, 0.717) is 11.4 Å². The lowest BCUT2D eigenvalue weighted by Gasteiger charge is -2.11. The molecule has 0 fully saturated rings. The molecule has 0 heterocycles. The van der Waals surface area contributed by atoms with Gasteiger partial charge in [-0.15, -0.1) is 0 Å². The molecular formula is C20H15BrN2O4. The van der Waals surface area contributed by atoms with Gasteiger partial charge in [-0.1, -0.05) is 42.5 Å². The third kappa shape index (κ3) is 4.86. The second kappa shape index (κ2) is 8.86. The van der Waals surface area contributed by atoms with Crippen LogP contribution in [0.15, 0.2) is 83.3 Å². The number of benzene rings is 3. The molecule has 0 bridgehead atoms. The fourth-order valence-corrected chi connectivity index (χ4v) is 2.77. The minimum atomic E-state index is -0.642. The highest BCUT2D eigenvalue weighted by atomic mass is 79.9. The quantitative estimate of drug-likeness (QED) is 0.550. The molecule has 0 saturated carbocycles. The Kier molecular flexibility index (Phi) is 6.06. The first-order chi connectivity index (χ1) is 13.1.